The molecule has 2 saturated carbocycles. The number of phenols is 2. The van der Waals surface area contributed by atoms with Gasteiger partial charge in [-0.25, -0.2) is 0 Å². The Morgan fingerprint density at radius 3 is 2.50 bits per heavy atom. The second-order valence-electron chi connectivity index (χ2n) is 10.4. The average Bonchev–Trinajstić information content (AvgIpc) is 3.11. The lowest BCUT2D eigenvalue weighted by Crippen LogP contribution is -2.60. The number of rotatable bonds is 3. The van der Waals surface area contributed by atoms with Crippen molar-refractivity contribution in [3.8, 4) is 11.5 Å². The Kier molecular flexibility index (Phi) is 5.67. The molecule has 1 heterocycles. The Balaban J connectivity index is 1.35. The van der Waals surface area contributed by atoms with Crippen LogP contribution in [0.5, 0.6) is 11.5 Å². The highest BCUT2D eigenvalue weighted by molar-refractivity contribution is 5.48. The third-order valence-corrected chi connectivity index (χ3v) is 8.88. The van der Waals surface area contributed by atoms with Crippen molar-refractivity contribution in [2.45, 2.75) is 88.2 Å². The van der Waals surface area contributed by atoms with Gasteiger partial charge in [0.2, 0.25) is 0 Å². The van der Waals surface area contributed by atoms with E-state index in [1.165, 1.54) is 0 Å². The predicted octanol–water partition coefficient (Wildman–Crippen LogP) is 1.14. The van der Waals surface area contributed by atoms with Crippen LogP contribution in [0.15, 0.2) is 12.1 Å². The molecular formula is C24H34O8. The molecule has 1 unspecified atom stereocenters. The molecule has 1 aliphatic heterocycles. The minimum atomic E-state index is -1.44. The smallest absolute Gasteiger partial charge is 0.186 e. The Morgan fingerprint density at radius 2 is 1.75 bits per heavy atom. The van der Waals surface area contributed by atoms with E-state index in [9.17, 15) is 30.6 Å². The topological polar surface area (TPSA) is 140 Å². The van der Waals surface area contributed by atoms with E-state index in [0.717, 1.165) is 49.7 Å². The highest BCUT2D eigenvalue weighted by Crippen LogP contribution is 2.62. The molecular weight excluding hydrogens is 416 g/mol. The number of hydrogen-bond donors (Lipinski definition) is 6. The number of phenolic OH excluding ortho intramolecular Hbond substituents is 2. The fraction of sp³-hybridized carbons (Fsp3) is 0.750. The maximum atomic E-state index is 10.4. The molecule has 5 rings (SSSR count). The molecule has 1 aromatic carbocycles. The monoisotopic (exact) mass is 450 g/mol. The zero-order chi connectivity index (χ0) is 22.8. The normalized spacial score (nSPS) is 45.7. The Hall–Kier alpha value is -1.42. The van der Waals surface area contributed by atoms with Crippen LogP contribution in [0.3, 0.4) is 0 Å². The first-order valence-electron chi connectivity index (χ1n) is 11.7. The van der Waals surface area contributed by atoms with Gasteiger partial charge in [-0.1, -0.05) is 6.92 Å². The van der Waals surface area contributed by atoms with Crippen LogP contribution in [0.25, 0.3) is 0 Å². The Morgan fingerprint density at radius 1 is 1.00 bits per heavy atom. The maximum Gasteiger partial charge on any atom is 0.186 e. The van der Waals surface area contributed by atoms with Crippen molar-refractivity contribution in [1.29, 1.82) is 0 Å². The van der Waals surface area contributed by atoms with Crippen molar-refractivity contribution >= 4 is 0 Å². The third kappa shape index (κ3) is 3.35. The van der Waals surface area contributed by atoms with Gasteiger partial charge in [0.05, 0.1) is 12.7 Å². The summed E-state index contributed by atoms with van der Waals surface area (Å²) in [5.41, 5.74) is 2.16. The lowest BCUT2D eigenvalue weighted by atomic mass is 9.55. The summed E-state index contributed by atoms with van der Waals surface area (Å²) in [4.78, 5) is 0. The number of aliphatic hydroxyl groups excluding tert-OH is 4. The molecule has 32 heavy (non-hydrogen) atoms. The van der Waals surface area contributed by atoms with Crippen LogP contribution in [-0.4, -0.2) is 74.1 Å². The quantitative estimate of drug-likeness (QED) is 0.377. The van der Waals surface area contributed by atoms with Gasteiger partial charge in [-0.15, -0.1) is 0 Å². The van der Waals surface area contributed by atoms with Crippen LogP contribution in [0.1, 0.15) is 56.1 Å². The van der Waals surface area contributed by atoms with Crippen molar-refractivity contribution in [3.05, 3.63) is 23.3 Å². The van der Waals surface area contributed by atoms with Crippen LogP contribution in [0.4, 0.5) is 0 Å². The van der Waals surface area contributed by atoms with Crippen LogP contribution in [-0.2, 0) is 15.9 Å². The summed E-state index contributed by atoms with van der Waals surface area (Å²) in [7, 11) is 0. The molecule has 4 aliphatic rings. The molecule has 0 amide bonds. The van der Waals surface area contributed by atoms with Crippen LogP contribution in [0, 0.1) is 17.3 Å². The summed E-state index contributed by atoms with van der Waals surface area (Å²) in [6.07, 6.45) is -0.898. The Bertz CT molecular complexity index is 859. The molecule has 0 aromatic heterocycles. The number of aliphatic hydroxyl groups is 4. The minimum absolute atomic E-state index is 0.0586. The molecule has 3 aliphatic carbocycles. The molecule has 178 valence electrons. The number of aromatic hydroxyl groups is 2. The van der Waals surface area contributed by atoms with Crippen molar-refractivity contribution in [3.63, 3.8) is 0 Å². The fourth-order valence-electron chi connectivity index (χ4n) is 7.11. The first-order valence-corrected chi connectivity index (χ1v) is 11.7. The molecule has 6 N–H and O–H groups in total. The lowest BCUT2D eigenvalue weighted by molar-refractivity contribution is -0.319. The van der Waals surface area contributed by atoms with Crippen molar-refractivity contribution in [2.24, 2.45) is 17.3 Å². The zero-order valence-corrected chi connectivity index (χ0v) is 18.3. The van der Waals surface area contributed by atoms with E-state index in [-0.39, 0.29) is 23.0 Å². The molecule has 0 bridgehead atoms. The third-order valence-electron chi connectivity index (χ3n) is 8.88. The highest BCUT2D eigenvalue weighted by Gasteiger charge is 2.57. The van der Waals surface area contributed by atoms with Crippen molar-refractivity contribution < 1.29 is 40.1 Å². The second kappa shape index (κ2) is 8.11. The van der Waals surface area contributed by atoms with E-state index >= 15 is 0 Å². The first kappa shape index (κ1) is 22.4. The van der Waals surface area contributed by atoms with Gasteiger partial charge in [0.15, 0.2) is 17.8 Å². The first-order chi connectivity index (χ1) is 15.2. The van der Waals surface area contributed by atoms with Crippen LogP contribution < -0.4 is 0 Å². The molecule has 1 aromatic rings. The van der Waals surface area contributed by atoms with Gasteiger partial charge >= 0.3 is 0 Å². The van der Waals surface area contributed by atoms with E-state index in [1.54, 1.807) is 12.1 Å². The number of ether oxygens (including phenoxy) is 2. The lowest BCUT2D eigenvalue weighted by Gasteiger charge is -2.51. The van der Waals surface area contributed by atoms with Gasteiger partial charge in [0.25, 0.3) is 0 Å². The van der Waals surface area contributed by atoms with Gasteiger partial charge in [0, 0.05) is 0 Å². The summed E-state index contributed by atoms with van der Waals surface area (Å²) in [5.74, 6) is 1.09. The molecule has 10 atom stereocenters. The molecule has 1 saturated heterocycles. The molecule has 8 heteroatoms. The van der Waals surface area contributed by atoms with Gasteiger partial charge in [0.1, 0.15) is 24.4 Å². The van der Waals surface area contributed by atoms with E-state index in [4.69, 9.17) is 9.47 Å². The summed E-state index contributed by atoms with van der Waals surface area (Å²) in [5, 5.41) is 60.0. The van der Waals surface area contributed by atoms with E-state index in [1.807, 2.05) is 0 Å². The molecule has 8 nitrogen and oxygen atoms in total. The van der Waals surface area contributed by atoms with Gasteiger partial charge in [-0.3, -0.25) is 0 Å². The summed E-state index contributed by atoms with van der Waals surface area (Å²) < 4.78 is 11.9. The summed E-state index contributed by atoms with van der Waals surface area (Å²) >= 11 is 0. The average molecular weight is 451 g/mol. The van der Waals surface area contributed by atoms with Crippen LogP contribution >= 0.6 is 0 Å². The summed E-state index contributed by atoms with van der Waals surface area (Å²) in [6, 6.07) is 3.44. The van der Waals surface area contributed by atoms with Gasteiger partial charge in [-0.05, 0) is 85.0 Å². The van der Waals surface area contributed by atoms with Crippen molar-refractivity contribution in [2.75, 3.05) is 6.61 Å². The van der Waals surface area contributed by atoms with E-state index in [0.29, 0.717) is 17.8 Å². The zero-order valence-electron chi connectivity index (χ0n) is 18.3. The molecule has 0 radical (unpaired) electrons. The van der Waals surface area contributed by atoms with Gasteiger partial charge < -0.3 is 40.1 Å². The molecule has 3 fully saturated rings. The largest absolute Gasteiger partial charge is 0.504 e. The fourth-order valence-corrected chi connectivity index (χ4v) is 7.11. The second-order valence-corrected chi connectivity index (χ2v) is 10.4. The van der Waals surface area contributed by atoms with Gasteiger partial charge in [-0.2, -0.15) is 0 Å². The SMILES string of the molecule is C[C@]12CC[C@@H]3c4cc(O)c(O)cc4CC[C@H]3[C@@H]1CC[C@@H]2OC1O[C@H](CO)[C@@H](O)[C@H](O)[C@H]1O. The highest BCUT2D eigenvalue weighted by atomic mass is 16.7. The Labute approximate surface area is 187 Å². The standard InChI is InChI=1S/C24H34O8/c1-24-7-6-12-13(3-2-11-8-16(26)17(27)9-14(11)12)15(24)4-5-19(24)32-23-22(30)21(29)20(28)18(10-25)31-23/h8-9,12-13,15,18-23,25-30H,2-7,10H2,1H3/t12-,13+,15-,18+,19-,20+,21-,22+,23?,24-/m0/s1. The van der Waals surface area contributed by atoms with E-state index < -0.39 is 37.3 Å². The van der Waals surface area contributed by atoms with Crippen LogP contribution in [0.2, 0.25) is 0 Å². The minimum Gasteiger partial charge on any atom is -0.504 e. The number of hydrogen-bond acceptors (Lipinski definition) is 8. The molecule has 0 spiro atoms. The number of fused-ring (bicyclic) bond motifs is 5. The van der Waals surface area contributed by atoms with Crippen molar-refractivity contribution in [1.82, 2.24) is 0 Å². The number of benzene rings is 1. The maximum absolute atomic E-state index is 10.4. The number of aryl methyl sites for hydroxylation is 1. The summed E-state index contributed by atoms with van der Waals surface area (Å²) in [6.45, 7) is 1.76. The van der Waals surface area contributed by atoms with E-state index in [2.05, 4.69) is 6.92 Å². The predicted molar refractivity (Wildman–Crippen MR) is 113 cm³/mol.